The molecule has 1 aliphatic heterocycles. The maximum absolute atomic E-state index is 12.0. The third-order valence-corrected chi connectivity index (χ3v) is 7.64. The van der Waals surface area contributed by atoms with E-state index in [0.29, 0.717) is 72.4 Å². The van der Waals surface area contributed by atoms with E-state index in [9.17, 15) is 9.90 Å². The van der Waals surface area contributed by atoms with Crippen molar-refractivity contribution in [1.82, 2.24) is 19.9 Å². The van der Waals surface area contributed by atoms with Gasteiger partial charge in [-0.05, 0) is 32.1 Å². The van der Waals surface area contributed by atoms with Crippen molar-refractivity contribution in [3.63, 3.8) is 0 Å². The number of anilines is 2. The number of methoxy groups -OCH3 is 1. The van der Waals surface area contributed by atoms with Crippen molar-refractivity contribution in [3.05, 3.63) is 71.5 Å². The number of thiazole rings is 1. The predicted octanol–water partition coefficient (Wildman–Crippen LogP) is 5.20. The maximum atomic E-state index is 12.0. The fraction of sp³-hybridized carbons (Fsp3) is 0.333. The Bertz CT molecular complexity index is 1530. The smallest absolute Gasteiger partial charge is 0.245 e. The summed E-state index contributed by atoms with van der Waals surface area (Å²) in [6, 6.07) is 9.19. The van der Waals surface area contributed by atoms with Crippen LogP contribution >= 0.6 is 11.3 Å². The molecule has 0 bridgehead atoms. The summed E-state index contributed by atoms with van der Waals surface area (Å²) in [5.41, 5.74) is 0.862. The quantitative estimate of drug-likeness (QED) is 0.246. The van der Waals surface area contributed by atoms with Crippen LogP contribution in [-0.4, -0.2) is 57.2 Å². The largest absolute Gasteiger partial charge is 0.493 e. The molecule has 0 atom stereocenters. The monoisotopic (exact) mass is 575 g/mol. The van der Waals surface area contributed by atoms with Gasteiger partial charge in [0.1, 0.15) is 35.6 Å². The fourth-order valence-electron chi connectivity index (χ4n) is 4.76. The van der Waals surface area contributed by atoms with Crippen LogP contribution in [0.15, 0.2) is 60.9 Å². The Balaban J connectivity index is 1.44. The number of carbonyl (C=O) groups excluding carboxylic acids is 1. The standard InChI is InChI=1S/C30H33N5O5S/c1-5-28(36)35-11-8-19(9-12-35)40-26-15-21-23(16-25(26)38-4)32-18-33-29(21)34-24-14-20(6-7-22(24)30(2,3)37)39-17-27-31-10-13-41-27/h5-7,10,13-16,18-19,37H,1,8-9,11-12,17H2,2-4H3,(H,32,33,34). The lowest BCUT2D eigenvalue weighted by Gasteiger charge is -2.31. The SMILES string of the molecule is C=CC(=O)N1CCC(Oc2cc3c(Nc4cc(OCc5nccs5)ccc4C(C)(C)O)ncnc3cc2OC)CC1. The summed E-state index contributed by atoms with van der Waals surface area (Å²) < 4.78 is 18.0. The van der Waals surface area contributed by atoms with E-state index < -0.39 is 5.60 Å². The normalized spacial score (nSPS) is 14.1. The topological polar surface area (TPSA) is 119 Å². The molecule has 2 aromatic heterocycles. The van der Waals surface area contributed by atoms with Crippen molar-refractivity contribution >= 4 is 39.7 Å². The summed E-state index contributed by atoms with van der Waals surface area (Å²) in [6.07, 6.45) is 5.87. The molecule has 4 aromatic rings. The molecule has 0 spiro atoms. The zero-order valence-corrected chi connectivity index (χ0v) is 24.1. The first-order valence-electron chi connectivity index (χ1n) is 13.3. The van der Waals surface area contributed by atoms with E-state index in [2.05, 4.69) is 26.8 Å². The lowest BCUT2D eigenvalue weighted by Crippen LogP contribution is -2.41. The average molecular weight is 576 g/mol. The summed E-state index contributed by atoms with van der Waals surface area (Å²) in [4.78, 5) is 27.0. The maximum Gasteiger partial charge on any atom is 0.245 e. The molecule has 0 radical (unpaired) electrons. The highest BCUT2D eigenvalue weighted by Crippen LogP contribution is 2.38. The van der Waals surface area contributed by atoms with Crippen LogP contribution in [0.25, 0.3) is 10.9 Å². The summed E-state index contributed by atoms with van der Waals surface area (Å²) in [5, 5.41) is 17.8. The number of nitrogens with zero attached hydrogens (tertiary/aromatic N) is 4. The van der Waals surface area contributed by atoms with Crippen LogP contribution < -0.4 is 19.5 Å². The molecule has 1 aliphatic rings. The number of aromatic nitrogens is 3. The molecular weight excluding hydrogens is 542 g/mol. The zero-order valence-electron chi connectivity index (χ0n) is 23.3. The van der Waals surface area contributed by atoms with Gasteiger partial charge in [0.25, 0.3) is 0 Å². The molecule has 41 heavy (non-hydrogen) atoms. The Kier molecular flexibility index (Phi) is 8.36. The third-order valence-electron chi connectivity index (χ3n) is 6.89. The first kappa shape index (κ1) is 28.3. The molecule has 0 aliphatic carbocycles. The number of hydrogen-bond acceptors (Lipinski definition) is 10. The first-order valence-corrected chi connectivity index (χ1v) is 14.2. The number of benzene rings is 2. The van der Waals surface area contributed by atoms with Crippen molar-refractivity contribution < 1.29 is 24.1 Å². The van der Waals surface area contributed by atoms with Crippen molar-refractivity contribution in [2.24, 2.45) is 0 Å². The van der Waals surface area contributed by atoms with Gasteiger partial charge in [-0.3, -0.25) is 4.79 Å². The molecule has 2 aromatic carbocycles. The second-order valence-corrected chi connectivity index (χ2v) is 11.2. The van der Waals surface area contributed by atoms with Gasteiger partial charge in [0.15, 0.2) is 11.5 Å². The van der Waals surface area contributed by atoms with E-state index in [4.69, 9.17) is 14.2 Å². The number of fused-ring (bicyclic) bond motifs is 1. The van der Waals surface area contributed by atoms with Crippen LogP contribution in [0.1, 0.15) is 37.3 Å². The minimum Gasteiger partial charge on any atom is -0.493 e. The predicted molar refractivity (Wildman–Crippen MR) is 158 cm³/mol. The summed E-state index contributed by atoms with van der Waals surface area (Å²) in [6.45, 7) is 8.58. The van der Waals surface area contributed by atoms with Gasteiger partial charge in [-0.15, -0.1) is 11.3 Å². The van der Waals surface area contributed by atoms with E-state index in [1.165, 1.54) is 23.7 Å². The Morgan fingerprint density at radius 1 is 1.20 bits per heavy atom. The van der Waals surface area contributed by atoms with Gasteiger partial charge < -0.3 is 29.5 Å². The van der Waals surface area contributed by atoms with Crippen molar-refractivity contribution in [2.45, 2.75) is 45.0 Å². The van der Waals surface area contributed by atoms with Gasteiger partial charge in [0.05, 0.1) is 18.2 Å². The van der Waals surface area contributed by atoms with E-state index in [1.807, 2.05) is 35.7 Å². The highest BCUT2D eigenvalue weighted by Gasteiger charge is 2.25. The minimum atomic E-state index is -1.13. The number of aliphatic hydroxyl groups is 1. The van der Waals surface area contributed by atoms with Crippen molar-refractivity contribution in [3.8, 4) is 17.2 Å². The molecule has 10 nitrogen and oxygen atoms in total. The number of likely N-dealkylation sites (tertiary alicyclic amines) is 1. The van der Waals surface area contributed by atoms with Crippen molar-refractivity contribution in [2.75, 3.05) is 25.5 Å². The van der Waals surface area contributed by atoms with Gasteiger partial charge in [0.2, 0.25) is 5.91 Å². The molecule has 214 valence electrons. The molecule has 3 heterocycles. The lowest BCUT2D eigenvalue weighted by atomic mass is 9.96. The Morgan fingerprint density at radius 2 is 2.00 bits per heavy atom. The van der Waals surface area contributed by atoms with Gasteiger partial charge in [-0.25, -0.2) is 15.0 Å². The number of carbonyl (C=O) groups is 1. The zero-order chi connectivity index (χ0) is 29.0. The van der Waals surface area contributed by atoms with Gasteiger partial charge in [0, 0.05) is 66.3 Å². The molecule has 2 N–H and O–H groups in total. The Hall–Kier alpha value is -4.22. The fourth-order valence-corrected chi connectivity index (χ4v) is 5.29. The molecule has 1 saturated heterocycles. The Morgan fingerprint density at radius 3 is 2.68 bits per heavy atom. The Labute approximate surface area is 242 Å². The number of nitrogens with one attached hydrogen (secondary N) is 1. The molecular formula is C30H33N5O5S. The van der Waals surface area contributed by atoms with E-state index >= 15 is 0 Å². The summed E-state index contributed by atoms with van der Waals surface area (Å²) in [5.74, 6) is 2.22. The van der Waals surface area contributed by atoms with Gasteiger partial charge in [-0.1, -0.05) is 12.6 Å². The van der Waals surface area contributed by atoms with Crippen LogP contribution in [-0.2, 0) is 17.0 Å². The number of ether oxygens (including phenoxy) is 3. The number of hydrogen-bond donors (Lipinski definition) is 2. The molecule has 0 saturated carbocycles. The number of rotatable bonds is 10. The number of piperidine rings is 1. The second kappa shape index (κ2) is 12.1. The van der Waals surface area contributed by atoms with E-state index in [-0.39, 0.29) is 12.0 Å². The molecule has 1 amide bonds. The van der Waals surface area contributed by atoms with E-state index in [0.717, 1.165) is 10.4 Å². The minimum absolute atomic E-state index is 0.0670. The second-order valence-electron chi connectivity index (χ2n) is 10.2. The van der Waals surface area contributed by atoms with Gasteiger partial charge in [-0.2, -0.15) is 0 Å². The molecule has 11 heteroatoms. The van der Waals surface area contributed by atoms with Crippen molar-refractivity contribution in [1.29, 1.82) is 0 Å². The van der Waals surface area contributed by atoms with Crippen LogP contribution in [0.5, 0.6) is 17.2 Å². The average Bonchev–Trinajstić information content (AvgIpc) is 3.49. The van der Waals surface area contributed by atoms with E-state index in [1.54, 1.807) is 32.1 Å². The van der Waals surface area contributed by atoms with Crippen LogP contribution in [0.4, 0.5) is 11.5 Å². The summed E-state index contributed by atoms with van der Waals surface area (Å²) in [7, 11) is 1.59. The molecule has 0 unspecified atom stereocenters. The molecule has 5 rings (SSSR count). The lowest BCUT2D eigenvalue weighted by molar-refractivity contribution is -0.127. The molecule has 1 fully saturated rings. The summed E-state index contributed by atoms with van der Waals surface area (Å²) >= 11 is 1.52. The third kappa shape index (κ3) is 6.58. The number of amides is 1. The first-order chi connectivity index (χ1) is 19.7. The highest BCUT2D eigenvalue weighted by atomic mass is 32.1. The van der Waals surface area contributed by atoms with Crippen LogP contribution in [0, 0.1) is 0 Å². The van der Waals surface area contributed by atoms with Gasteiger partial charge >= 0.3 is 0 Å². The van der Waals surface area contributed by atoms with Crippen LogP contribution in [0.3, 0.4) is 0 Å². The van der Waals surface area contributed by atoms with Crippen LogP contribution in [0.2, 0.25) is 0 Å². The highest BCUT2D eigenvalue weighted by molar-refractivity contribution is 7.09.